The first-order valence-corrected chi connectivity index (χ1v) is 6.99. The van der Waals surface area contributed by atoms with Gasteiger partial charge in [0.15, 0.2) is 23.0 Å². The van der Waals surface area contributed by atoms with Crippen LogP contribution >= 0.6 is 0 Å². The Morgan fingerprint density at radius 3 is 2.70 bits per heavy atom. The van der Waals surface area contributed by atoms with E-state index in [9.17, 15) is 5.26 Å². The lowest BCUT2D eigenvalue weighted by atomic mass is 10.0. The molecule has 1 heterocycles. The molecule has 0 saturated heterocycles. The molecule has 116 valence electrons. The summed E-state index contributed by atoms with van der Waals surface area (Å²) >= 11 is 0. The average molecular weight is 309 g/mol. The number of para-hydroxylation sites is 1. The Kier molecular flexibility index (Phi) is 4.07. The number of fused-ring (bicyclic) bond motifs is 1. The minimum Gasteiger partial charge on any atom is -0.493 e. The molecule has 1 aliphatic rings. The van der Waals surface area contributed by atoms with Crippen LogP contribution in [0.1, 0.15) is 11.1 Å². The molecule has 0 radical (unpaired) electrons. The van der Waals surface area contributed by atoms with Crippen molar-refractivity contribution in [3.8, 4) is 29.1 Å². The fourth-order valence-corrected chi connectivity index (χ4v) is 2.43. The van der Waals surface area contributed by atoms with E-state index in [1.54, 1.807) is 32.4 Å². The van der Waals surface area contributed by atoms with Gasteiger partial charge in [-0.3, -0.25) is 0 Å². The van der Waals surface area contributed by atoms with Crippen molar-refractivity contribution in [3.05, 3.63) is 47.5 Å². The highest BCUT2D eigenvalue weighted by molar-refractivity contribution is 5.91. The monoisotopic (exact) mass is 309 g/mol. The molecular weight excluding hydrogens is 294 g/mol. The minimum atomic E-state index is 0.202. The van der Waals surface area contributed by atoms with Crippen LogP contribution in [-0.4, -0.2) is 21.0 Å². The van der Waals surface area contributed by atoms with Crippen LogP contribution in [0.3, 0.4) is 0 Å². The standard InChI is InChI=1S/C18H15NO4/c1-20-16-5-3-4-13(18(16)21-2)8-14(10-19)12-6-7-15-17(9-12)23-11-22-15/h3-9H,11H2,1-2H3/b14-8-. The Bertz CT molecular complexity index is 805. The van der Waals surface area contributed by atoms with Gasteiger partial charge in [-0.15, -0.1) is 0 Å². The Balaban J connectivity index is 2.05. The number of ether oxygens (including phenoxy) is 4. The zero-order valence-corrected chi connectivity index (χ0v) is 12.8. The molecule has 2 aromatic carbocycles. The Morgan fingerprint density at radius 2 is 1.96 bits per heavy atom. The first-order chi connectivity index (χ1) is 11.3. The van der Waals surface area contributed by atoms with Gasteiger partial charge in [-0.1, -0.05) is 12.1 Å². The van der Waals surface area contributed by atoms with Gasteiger partial charge in [0.05, 0.1) is 25.9 Å². The highest BCUT2D eigenvalue weighted by Gasteiger charge is 2.15. The zero-order valence-electron chi connectivity index (χ0n) is 12.8. The second-order valence-corrected chi connectivity index (χ2v) is 4.82. The first kappa shape index (κ1) is 14.8. The molecule has 0 saturated carbocycles. The lowest BCUT2D eigenvalue weighted by Gasteiger charge is -2.10. The fraction of sp³-hybridized carbons (Fsp3) is 0.167. The van der Waals surface area contributed by atoms with Crippen molar-refractivity contribution in [2.45, 2.75) is 0 Å². The predicted octanol–water partition coefficient (Wildman–Crippen LogP) is 3.50. The van der Waals surface area contributed by atoms with Crippen LogP contribution in [0.15, 0.2) is 36.4 Å². The van der Waals surface area contributed by atoms with E-state index in [0.29, 0.717) is 28.6 Å². The lowest BCUT2D eigenvalue weighted by molar-refractivity contribution is 0.174. The molecule has 0 N–H and O–H groups in total. The molecule has 0 aromatic heterocycles. The highest BCUT2D eigenvalue weighted by atomic mass is 16.7. The Labute approximate surface area is 134 Å². The lowest BCUT2D eigenvalue weighted by Crippen LogP contribution is -1.93. The van der Waals surface area contributed by atoms with Crippen molar-refractivity contribution in [1.82, 2.24) is 0 Å². The third-order valence-corrected chi connectivity index (χ3v) is 3.54. The van der Waals surface area contributed by atoms with Gasteiger partial charge in [-0.05, 0) is 35.9 Å². The molecule has 1 aliphatic heterocycles. The van der Waals surface area contributed by atoms with E-state index in [4.69, 9.17) is 18.9 Å². The molecule has 5 heteroatoms. The summed E-state index contributed by atoms with van der Waals surface area (Å²) in [6.07, 6.45) is 1.76. The van der Waals surface area contributed by atoms with E-state index >= 15 is 0 Å². The largest absolute Gasteiger partial charge is 0.493 e. The molecule has 0 bridgehead atoms. The van der Waals surface area contributed by atoms with Crippen LogP contribution in [0, 0.1) is 11.3 Å². The van der Waals surface area contributed by atoms with Gasteiger partial charge in [0.25, 0.3) is 0 Å². The van der Waals surface area contributed by atoms with Crippen LogP contribution < -0.4 is 18.9 Å². The summed E-state index contributed by atoms with van der Waals surface area (Å²) in [7, 11) is 3.15. The number of hydrogen-bond acceptors (Lipinski definition) is 5. The number of nitriles is 1. The van der Waals surface area contributed by atoms with Gasteiger partial charge >= 0.3 is 0 Å². The van der Waals surface area contributed by atoms with Gasteiger partial charge in [0, 0.05) is 5.56 Å². The van der Waals surface area contributed by atoms with Crippen molar-refractivity contribution in [1.29, 1.82) is 5.26 Å². The van der Waals surface area contributed by atoms with Gasteiger partial charge in [0.1, 0.15) is 0 Å². The zero-order chi connectivity index (χ0) is 16.2. The topological polar surface area (TPSA) is 60.7 Å². The molecular formula is C18H15NO4. The van der Waals surface area contributed by atoms with Gasteiger partial charge in [-0.2, -0.15) is 5.26 Å². The van der Waals surface area contributed by atoms with E-state index in [-0.39, 0.29) is 6.79 Å². The molecule has 0 fully saturated rings. The highest BCUT2D eigenvalue weighted by Crippen LogP contribution is 2.36. The summed E-state index contributed by atoms with van der Waals surface area (Å²) in [5.41, 5.74) is 2.01. The van der Waals surface area contributed by atoms with Crippen molar-refractivity contribution < 1.29 is 18.9 Å². The smallest absolute Gasteiger partial charge is 0.231 e. The quantitative estimate of drug-likeness (QED) is 0.639. The maximum Gasteiger partial charge on any atom is 0.231 e. The maximum atomic E-state index is 9.52. The van der Waals surface area contributed by atoms with Crippen LogP contribution in [-0.2, 0) is 0 Å². The molecule has 3 rings (SSSR count). The molecule has 0 spiro atoms. The normalized spacial score (nSPS) is 12.7. The van der Waals surface area contributed by atoms with E-state index in [1.807, 2.05) is 24.3 Å². The summed E-state index contributed by atoms with van der Waals surface area (Å²) in [6.45, 7) is 0.202. The van der Waals surface area contributed by atoms with Crippen molar-refractivity contribution in [2.75, 3.05) is 21.0 Å². The third kappa shape index (κ3) is 2.79. The number of rotatable bonds is 4. The summed E-state index contributed by atoms with van der Waals surface area (Å²) in [5, 5.41) is 9.52. The number of methoxy groups -OCH3 is 2. The van der Waals surface area contributed by atoms with Crippen LogP contribution in [0.5, 0.6) is 23.0 Å². The van der Waals surface area contributed by atoms with E-state index in [0.717, 1.165) is 11.1 Å². The molecule has 23 heavy (non-hydrogen) atoms. The minimum absolute atomic E-state index is 0.202. The SMILES string of the molecule is COc1cccc(/C=C(/C#N)c2ccc3c(c2)OCO3)c1OC. The maximum absolute atomic E-state index is 9.52. The molecule has 5 nitrogen and oxygen atoms in total. The summed E-state index contributed by atoms with van der Waals surface area (Å²) in [4.78, 5) is 0. The summed E-state index contributed by atoms with van der Waals surface area (Å²) in [6, 6.07) is 13.2. The first-order valence-electron chi connectivity index (χ1n) is 6.99. The van der Waals surface area contributed by atoms with Crippen molar-refractivity contribution in [3.63, 3.8) is 0 Å². The summed E-state index contributed by atoms with van der Waals surface area (Å²) < 4.78 is 21.3. The van der Waals surface area contributed by atoms with E-state index < -0.39 is 0 Å². The number of allylic oxidation sites excluding steroid dienone is 1. The summed E-state index contributed by atoms with van der Waals surface area (Å²) in [5.74, 6) is 2.53. The third-order valence-electron chi connectivity index (χ3n) is 3.54. The molecule has 0 amide bonds. The van der Waals surface area contributed by atoms with Crippen molar-refractivity contribution in [2.24, 2.45) is 0 Å². The van der Waals surface area contributed by atoms with Gasteiger partial charge in [0.2, 0.25) is 6.79 Å². The van der Waals surface area contributed by atoms with E-state index in [2.05, 4.69) is 6.07 Å². The molecule has 0 unspecified atom stereocenters. The number of hydrogen-bond donors (Lipinski definition) is 0. The molecule has 0 aliphatic carbocycles. The number of nitrogens with zero attached hydrogens (tertiary/aromatic N) is 1. The van der Waals surface area contributed by atoms with Crippen LogP contribution in [0.4, 0.5) is 0 Å². The number of benzene rings is 2. The van der Waals surface area contributed by atoms with Crippen LogP contribution in [0.25, 0.3) is 11.6 Å². The second kappa shape index (κ2) is 6.32. The second-order valence-electron chi connectivity index (χ2n) is 4.82. The Hall–Kier alpha value is -3.13. The van der Waals surface area contributed by atoms with Crippen LogP contribution in [0.2, 0.25) is 0 Å². The fourth-order valence-electron chi connectivity index (χ4n) is 2.43. The molecule has 2 aromatic rings. The average Bonchev–Trinajstić information content (AvgIpc) is 3.06. The van der Waals surface area contributed by atoms with Gasteiger partial charge in [-0.25, -0.2) is 0 Å². The van der Waals surface area contributed by atoms with Crippen molar-refractivity contribution >= 4 is 11.6 Å². The predicted molar refractivity (Wildman–Crippen MR) is 85.6 cm³/mol. The van der Waals surface area contributed by atoms with E-state index in [1.165, 1.54) is 0 Å². The van der Waals surface area contributed by atoms with Gasteiger partial charge < -0.3 is 18.9 Å². The molecule has 0 atom stereocenters. The Morgan fingerprint density at radius 1 is 1.13 bits per heavy atom.